The second-order valence-corrected chi connectivity index (χ2v) is 7.35. The molecule has 0 aliphatic heterocycles. The van der Waals surface area contributed by atoms with E-state index in [4.69, 9.17) is 4.74 Å². The molecule has 0 saturated carbocycles. The monoisotopic (exact) mass is 380 g/mol. The minimum Gasteiger partial charge on any atom is -0.451 e. The highest BCUT2D eigenvalue weighted by Gasteiger charge is 2.28. The Balaban J connectivity index is 2.62. The van der Waals surface area contributed by atoms with Crippen molar-refractivity contribution in [2.75, 3.05) is 18.5 Å². The minimum atomic E-state index is -4.54. The normalized spacial score (nSPS) is 11.8. The van der Waals surface area contributed by atoms with Crippen molar-refractivity contribution in [2.24, 2.45) is 5.41 Å². The molecule has 0 fully saturated rings. The van der Waals surface area contributed by atoms with Gasteiger partial charge in [0.25, 0.3) is 5.91 Å². The van der Waals surface area contributed by atoms with E-state index in [1.165, 1.54) is 0 Å². The van der Waals surface area contributed by atoms with E-state index in [0.29, 0.717) is 10.6 Å². The van der Waals surface area contributed by atoms with Gasteiger partial charge in [-0.3, -0.25) is 9.59 Å². The van der Waals surface area contributed by atoms with Crippen LogP contribution in [-0.2, 0) is 14.3 Å². The molecule has 1 heterocycles. The van der Waals surface area contributed by atoms with Crippen LogP contribution in [0.2, 0.25) is 0 Å². The Hall–Kier alpha value is -2.10. The Labute approximate surface area is 146 Å². The molecule has 0 bridgehead atoms. The fourth-order valence-electron chi connectivity index (χ4n) is 1.49. The molecule has 6 nitrogen and oxygen atoms in total. The van der Waals surface area contributed by atoms with Crippen molar-refractivity contribution >= 4 is 34.1 Å². The van der Waals surface area contributed by atoms with E-state index >= 15 is 0 Å². The van der Waals surface area contributed by atoms with Crippen molar-refractivity contribution in [1.29, 1.82) is 0 Å². The molecule has 0 spiro atoms. The maximum atomic E-state index is 12.0. The van der Waals surface area contributed by atoms with Gasteiger partial charge in [-0.25, -0.2) is 4.79 Å². The Morgan fingerprint density at radius 3 is 2.32 bits per heavy atom. The first-order valence-electron chi connectivity index (χ1n) is 7.22. The lowest BCUT2D eigenvalue weighted by Gasteiger charge is -2.16. The highest BCUT2D eigenvalue weighted by Crippen LogP contribution is 2.29. The molecule has 1 aromatic rings. The third-order valence-electron chi connectivity index (χ3n) is 2.84. The second-order valence-electron chi connectivity index (χ2n) is 6.29. The molecule has 1 aromatic heterocycles. The largest absolute Gasteiger partial charge is 0.451 e. The quantitative estimate of drug-likeness (QED) is 0.770. The molecular weight excluding hydrogens is 361 g/mol. The summed E-state index contributed by atoms with van der Waals surface area (Å²) >= 11 is 0.963. The number of halogens is 3. The maximum absolute atomic E-state index is 12.0. The fraction of sp³-hybridized carbons (Fsp3) is 0.533. The summed E-state index contributed by atoms with van der Waals surface area (Å²) in [5.41, 5.74) is -0.0929. The van der Waals surface area contributed by atoms with Gasteiger partial charge in [0.05, 0.1) is 5.00 Å². The van der Waals surface area contributed by atoms with Crippen molar-refractivity contribution in [3.05, 3.63) is 16.5 Å². The van der Waals surface area contributed by atoms with E-state index in [9.17, 15) is 27.6 Å². The zero-order valence-corrected chi connectivity index (χ0v) is 15.0. The second kappa shape index (κ2) is 7.85. The number of carbonyl (C=O) groups is 3. The number of thiophene rings is 1. The van der Waals surface area contributed by atoms with Crippen LogP contribution < -0.4 is 10.6 Å². The number of aryl methyl sites for hydroxylation is 1. The summed E-state index contributed by atoms with van der Waals surface area (Å²) in [4.78, 5) is 35.3. The maximum Gasteiger partial charge on any atom is 0.405 e. The van der Waals surface area contributed by atoms with E-state index in [2.05, 4.69) is 5.32 Å². The summed E-state index contributed by atoms with van der Waals surface area (Å²) in [6.45, 7) is 4.50. The van der Waals surface area contributed by atoms with Crippen LogP contribution in [0.5, 0.6) is 0 Å². The van der Waals surface area contributed by atoms with Crippen LogP contribution in [0.4, 0.5) is 18.2 Å². The van der Waals surface area contributed by atoms with E-state index in [1.54, 1.807) is 39.1 Å². The van der Waals surface area contributed by atoms with Crippen molar-refractivity contribution in [3.63, 3.8) is 0 Å². The highest BCUT2D eigenvalue weighted by atomic mass is 32.1. The van der Waals surface area contributed by atoms with Gasteiger partial charge < -0.3 is 15.4 Å². The van der Waals surface area contributed by atoms with Crippen molar-refractivity contribution < 1.29 is 32.3 Å². The van der Waals surface area contributed by atoms with E-state index in [-0.39, 0.29) is 10.8 Å². The summed E-state index contributed by atoms with van der Waals surface area (Å²) in [7, 11) is 0. The zero-order chi connectivity index (χ0) is 19.4. The summed E-state index contributed by atoms with van der Waals surface area (Å²) < 4.78 is 40.6. The van der Waals surface area contributed by atoms with Gasteiger partial charge >= 0.3 is 12.1 Å². The lowest BCUT2D eigenvalue weighted by molar-refractivity contribution is -0.140. The molecule has 10 heteroatoms. The van der Waals surface area contributed by atoms with Gasteiger partial charge in [0.2, 0.25) is 5.91 Å². The van der Waals surface area contributed by atoms with Gasteiger partial charge in [-0.2, -0.15) is 13.2 Å². The first-order chi connectivity index (χ1) is 11.3. The third kappa shape index (κ3) is 7.12. The molecule has 0 aliphatic rings. The highest BCUT2D eigenvalue weighted by molar-refractivity contribution is 7.18. The fourth-order valence-corrected chi connectivity index (χ4v) is 2.45. The lowest BCUT2D eigenvalue weighted by atomic mass is 9.96. The Morgan fingerprint density at radius 1 is 1.20 bits per heavy atom. The molecular formula is C15H19F3N2O4S. The Morgan fingerprint density at radius 2 is 1.80 bits per heavy atom. The Kier molecular flexibility index (Phi) is 6.58. The predicted octanol–water partition coefficient (Wildman–Crippen LogP) is 2.88. The molecule has 0 aliphatic carbocycles. The molecule has 0 saturated heterocycles. The van der Waals surface area contributed by atoms with Crippen LogP contribution in [0.15, 0.2) is 6.07 Å². The predicted molar refractivity (Wildman–Crippen MR) is 86.5 cm³/mol. The van der Waals surface area contributed by atoms with E-state index < -0.39 is 36.6 Å². The number of hydrogen-bond acceptors (Lipinski definition) is 5. The number of anilines is 1. The first kappa shape index (κ1) is 20.9. The summed E-state index contributed by atoms with van der Waals surface area (Å²) in [6.07, 6.45) is -4.54. The summed E-state index contributed by atoms with van der Waals surface area (Å²) in [5.74, 6) is -2.14. The number of esters is 1. The molecule has 0 unspecified atom stereocenters. The minimum absolute atomic E-state index is 0.160. The number of alkyl halides is 3. The zero-order valence-electron chi connectivity index (χ0n) is 14.2. The smallest absolute Gasteiger partial charge is 0.405 e. The number of carbonyl (C=O) groups excluding carboxylic acids is 3. The number of rotatable bonds is 5. The Bertz CT molecular complexity index is 663. The average molecular weight is 380 g/mol. The van der Waals surface area contributed by atoms with Crippen LogP contribution in [-0.4, -0.2) is 37.1 Å². The molecule has 140 valence electrons. The first-order valence-corrected chi connectivity index (χ1v) is 8.03. The van der Waals surface area contributed by atoms with Gasteiger partial charge in [-0.15, -0.1) is 11.3 Å². The van der Waals surface area contributed by atoms with Crippen molar-refractivity contribution in [1.82, 2.24) is 5.32 Å². The van der Waals surface area contributed by atoms with Gasteiger partial charge in [0, 0.05) is 5.41 Å². The van der Waals surface area contributed by atoms with Crippen molar-refractivity contribution in [2.45, 2.75) is 33.9 Å². The van der Waals surface area contributed by atoms with Gasteiger partial charge in [-0.1, -0.05) is 20.8 Å². The lowest BCUT2D eigenvalue weighted by Crippen LogP contribution is -2.36. The summed E-state index contributed by atoms with van der Waals surface area (Å²) in [6, 6.07) is 1.58. The van der Waals surface area contributed by atoms with Crippen LogP contribution in [0.1, 0.15) is 36.0 Å². The van der Waals surface area contributed by atoms with E-state index in [1.807, 2.05) is 0 Å². The van der Waals surface area contributed by atoms with Crippen LogP contribution in [0, 0.1) is 12.3 Å². The number of amides is 2. The van der Waals surface area contributed by atoms with Crippen LogP contribution in [0.3, 0.4) is 0 Å². The van der Waals surface area contributed by atoms with Gasteiger partial charge in [0.1, 0.15) is 11.4 Å². The standard InChI is InChI=1S/C15H19F3N2O4S/c1-8-5-10(20-13(23)14(2,3)4)25-11(8)12(22)24-6-9(21)19-7-15(16,17)18/h5H,6-7H2,1-4H3,(H,19,21)(H,20,23). The molecule has 0 aromatic carbocycles. The molecule has 2 N–H and O–H groups in total. The number of ether oxygens (including phenoxy) is 1. The number of nitrogens with one attached hydrogen (secondary N) is 2. The molecule has 0 atom stereocenters. The topological polar surface area (TPSA) is 84.5 Å². The van der Waals surface area contributed by atoms with E-state index in [0.717, 1.165) is 11.3 Å². The van der Waals surface area contributed by atoms with Crippen LogP contribution in [0.25, 0.3) is 0 Å². The SMILES string of the molecule is Cc1cc(NC(=O)C(C)(C)C)sc1C(=O)OCC(=O)NCC(F)(F)F. The molecule has 0 radical (unpaired) electrons. The third-order valence-corrected chi connectivity index (χ3v) is 3.97. The van der Waals surface area contributed by atoms with Crippen LogP contribution >= 0.6 is 11.3 Å². The summed E-state index contributed by atoms with van der Waals surface area (Å²) in [5, 5.41) is 4.70. The number of hydrogen-bond donors (Lipinski definition) is 2. The molecule has 2 amide bonds. The van der Waals surface area contributed by atoms with Crippen molar-refractivity contribution in [3.8, 4) is 0 Å². The molecule has 1 rings (SSSR count). The average Bonchev–Trinajstić information content (AvgIpc) is 2.81. The van der Waals surface area contributed by atoms with Gasteiger partial charge in [0.15, 0.2) is 6.61 Å². The van der Waals surface area contributed by atoms with Gasteiger partial charge in [-0.05, 0) is 18.6 Å². The molecule has 25 heavy (non-hydrogen) atoms.